The highest BCUT2D eigenvalue weighted by atomic mass is 35.5. The molecule has 0 N–H and O–H groups in total. The highest BCUT2D eigenvalue weighted by Gasteiger charge is 2.21. The first-order valence-corrected chi connectivity index (χ1v) is 5.87. The Bertz CT molecular complexity index is 808. The average molecular weight is 299 g/mol. The number of aromatic nitrogens is 4. The van der Waals surface area contributed by atoms with Crippen LogP contribution in [0.15, 0.2) is 18.5 Å². The van der Waals surface area contributed by atoms with Crippen molar-refractivity contribution >= 4 is 17.4 Å². The fourth-order valence-electron chi connectivity index (χ4n) is 2.01. The van der Waals surface area contributed by atoms with E-state index in [1.165, 1.54) is 10.8 Å². The van der Waals surface area contributed by atoms with Crippen molar-refractivity contribution in [3.63, 3.8) is 0 Å². The summed E-state index contributed by atoms with van der Waals surface area (Å²) in [5.41, 5.74) is -0.0830. The minimum atomic E-state index is -1.06. The molecule has 4 nitrogen and oxygen atoms in total. The number of aryl methyl sites for hydroxylation is 1. The average Bonchev–Trinajstić information content (AvgIpc) is 2.80. The van der Waals surface area contributed by atoms with Gasteiger partial charge in [0.1, 0.15) is 28.9 Å². The van der Waals surface area contributed by atoms with E-state index in [0.29, 0.717) is 17.8 Å². The smallest absolute Gasteiger partial charge is 0.207 e. The zero-order valence-corrected chi connectivity index (χ0v) is 10.8. The molecule has 0 saturated heterocycles. The van der Waals surface area contributed by atoms with Gasteiger partial charge < -0.3 is 0 Å². The first-order chi connectivity index (χ1) is 9.49. The van der Waals surface area contributed by atoms with Crippen LogP contribution in [0.5, 0.6) is 0 Å². The van der Waals surface area contributed by atoms with Crippen LogP contribution in [0.25, 0.3) is 16.9 Å². The molecule has 0 bridgehead atoms. The number of hydrogen-bond acceptors (Lipinski definition) is 3. The summed E-state index contributed by atoms with van der Waals surface area (Å²) in [5.74, 6) is -2.92. The van der Waals surface area contributed by atoms with Crippen LogP contribution in [0.2, 0.25) is 5.15 Å². The lowest BCUT2D eigenvalue weighted by Crippen LogP contribution is -2.03. The van der Waals surface area contributed by atoms with Gasteiger partial charge in [-0.25, -0.2) is 17.7 Å². The molecule has 0 radical (unpaired) electrons. The van der Waals surface area contributed by atoms with Gasteiger partial charge in [0.2, 0.25) is 0 Å². The summed E-state index contributed by atoms with van der Waals surface area (Å²) >= 11 is 5.96. The monoisotopic (exact) mass is 298 g/mol. The topological polar surface area (TPSA) is 43.1 Å². The second-order valence-corrected chi connectivity index (χ2v) is 4.44. The van der Waals surface area contributed by atoms with Gasteiger partial charge in [0.25, 0.3) is 5.78 Å². The fourth-order valence-corrected chi connectivity index (χ4v) is 2.32. The van der Waals surface area contributed by atoms with E-state index in [4.69, 9.17) is 11.6 Å². The van der Waals surface area contributed by atoms with Crippen LogP contribution in [0.1, 0.15) is 5.69 Å². The van der Waals surface area contributed by atoms with Crippen LogP contribution >= 0.6 is 11.6 Å². The molecule has 0 spiro atoms. The Balaban J connectivity index is 2.40. The third-order valence-electron chi connectivity index (χ3n) is 2.87. The van der Waals surface area contributed by atoms with Crippen molar-refractivity contribution in [1.29, 1.82) is 0 Å². The zero-order chi connectivity index (χ0) is 14.4. The van der Waals surface area contributed by atoms with Crippen molar-refractivity contribution in [1.82, 2.24) is 19.6 Å². The van der Waals surface area contributed by atoms with Gasteiger partial charge in [0, 0.05) is 17.7 Å². The first-order valence-electron chi connectivity index (χ1n) is 5.50. The van der Waals surface area contributed by atoms with Gasteiger partial charge in [0.05, 0.1) is 11.3 Å². The maximum atomic E-state index is 13.9. The summed E-state index contributed by atoms with van der Waals surface area (Å²) in [5, 5.41) is 3.76. The van der Waals surface area contributed by atoms with Crippen molar-refractivity contribution in [3.05, 3.63) is 46.8 Å². The van der Waals surface area contributed by atoms with Crippen molar-refractivity contribution in [2.45, 2.75) is 6.92 Å². The van der Waals surface area contributed by atoms with Gasteiger partial charge >= 0.3 is 0 Å². The molecule has 0 amide bonds. The zero-order valence-electron chi connectivity index (χ0n) is 10.0. The molecular formula is C12H6ClF3N4. The third-order valence-corrected chi connectivity index (χ3v) is 3.14. The second kappa shape index (κ2) is 4.45. The Labute approximate surface area is 115 Å². The minimum Gasteiger partial charge on any atom is -0.207 e. The second-order valence-electron chi connectivity index (χ2n) is 4.08. The molecule has 2 aromatic heterocycles. The lowest BCUT2D eigenvalue weighted by atomic mass is 10.0. The van der Waals surface area contributed by atoms with Gasteiger partial charge in [-0.15, -0.1) is 0 Å². The largest absolute Gasteiger partial charge is 0.253 e. The maximum absolute atomic E-state index is 13.9. The van der Waals surface area contributed by atoms with E-state index in [1.807, 2.05) is 0 Å². The molecule has 3 rings (SSSR count). The van der Waals surface area contributed by atoms with E-state index in [0.717, 1.165) is 0 Å². The predicted molar refractivity (Wildman–Crippen MR) is 65.8 cm³/mol. The van der Waals surface area contributed by atoms with E-state index >= 15 is 0 Å². The van der Waals surface area contributed by atoms with E-state index in [1.54, 1.807) is 6.92 Å². The Hall–Kier alpha value is -2.15. The highest BCUT2D eigenvalue weighted by molar-refractivity contribution is 6.32. The molecule has 102 valence electrons. The molecule has 0 aliphatic carbocycles. The van der Waals surface area contributed by atoms with Gasteiger partial charge in [-0.05, 0) is 6.92 Å². The predicted octanol–water partition coefficient (Wildman–Crippen LogP) is 3.17. The molecule has 8 heteroatoms. The number of hydrogen-bond donors (Lipinski definition) is 0. The summed E-state index contributed by atoms with van der Waals surface area (Å²) in [4.78, 5) is 7.75. The Morgan fingerprint density at radius 2 is 1.75 bits per heavy atom. The third kappa shape index (κ3) is 1.82. The van der Waals surface area contributed by atoms with E-state index in [9.17, 15) is 13.2 Å². The van der Waals surface area contributed by atoms with Crippen molar-refractivity contribution in [2.24, 2.45) is 0 Å². The number of rotatable bonds is 1. The van der Waals surface area contributed by atoms with E-state index < -0.39 is 23.0 Å². The normalized spacial score (nSPS) is 11.2. The quantitative estimate of drug-likeness (QED) is 0.648. The molecule has 20 heavy (non-hydrogen) atoms. The van der Waals surface area contributed by atoms with E-state index in [-0.39, 0.29) is 16.5 Å². The summed E-state index contributed by atoms with van der Waals surface area (Å²) in [6, 6.07) is 1.17. The molecule has 0 atom stereocenters. The minimum absolute atomic E-state index is 0.0136. The fraction of sp³-hybridized carbons (Fsp3) is 0.0833. The van der Waals surface area contributed by atoms with Gasteiger partial charge in [0.15, 0.2) is 0 Å². The lowest BCUT2D eigenvalue weighted by Gasteiger charge is -2.11. The summed E-state index contributed by atoms with van der Waals surface area (Å²) < 4.78 is 42.0. The van der Waals surface area contributed by atoms with Crippen LogP contribution in [0, 0.1) is 24.4 Å². The SMILES string of the molecule is Cc1c(-c2c(F)cc(F)cc2F)c(Cl)nc2ncnn12. The van der Waals surface area contributed by atoms with Gasteiger partial charge in [-0.3, -0.25) is 0 Å². The number of halogens is 4. The standard InChI is InChI=1S/C12H6ClF3N4/c1-5-9(10-7(15)2-6(14)3-8(10)16)11(13)19-12-17-4-18-20(5)12/h2-4H,1H3. The number of fused-ring (bicyclic) bond motifs is 1. The molecule has 0 aliphatic rings. The molecule has 0 saturated carbocycles. The van der Waals surface area contributed by atoms with Crippen molar-refractivity contribution < 1.29 is 13.2 Å². The first kappa shape index (κ1) is 12.9. The van der Waals surface area contributed by atoms with Gasteiger partial charge in [-0.1, -0.05) is 11.6 Å². The van der Waals surface area contributed by atoms with E-state index in [2.05, 4.69) is 15.1 Å². The van der Waals surface area contributed by atoms with Crippen LogP contribution in [-0.2, 0) is 0 Å². The highest BCUT2D eigenvalue weighted by Crippen LogP contribution is 2.34. The van der Waals surface area contributed by atoms with Crippen LogP contribution in [-0.4, -0.2) is 19.6 Å². The Kier molecular flexibility index (Phi) is 2.86. The summed E-state index contributed by atoms with van der Waals surface area (Å²) in [6.45, 7) is 1.56. The molecule has 2 heterocycles. The Morgan fingerprint density at radius 1 is 1.10 bits per heavy atom. The van der Waals surface area contributed by atoms with Crippen molar-refractivity contribution in [3.8, 4) is 11.1 Å². The summed E-state index contributed by atoms with van der Waals surface area (Å²) in [6.07, 6.45) is 1.24. The Morgan fingerprint density at radius 3 is 2.40 bits per heavy atom. The number of benzene rings is 1. The lowest BCUT2D eigenvalue weighted by molar-refractivity contribution is 0.547. The van der Waals surface area contributed by atoms with Gasteiger partial charge in [-0.2, -0.15) is 15.1 Å². The molecular weight excluding hydrogens is 293 g/mol. The van der Waals surface area contributed by atoms with Crippen LogP contribution in [0.3, 0.4) is 0 Å². The molecule has 1 aromatic carbocycles. The summed E-state index contributed by atoms with van der Waals surface area (Å²) in [7, 11) is 0. The van der Waals surface area contributed by atoms with Crippen LogP contribution < -0.4 is 0 Å². The molecule has 0 aliphatic heterocycles. The molecule has 0 fully saturated rings. The van der Waals surface area contributed by atoms with Crippen molar-refractivity contribution in [2.75, 3.05) is 0 Å². The van der Waals surface area contributed by atoms with Crippen LogP contribution in [0.4, 0.5) is 13.2 Å². The number of nitrogens with zero attached hydrogens (tertiary/aromatic N) is 4. The molecule has 3 aromatic rings. The molecule has 0 unspecified atom stereocenters. The maximum Gasteiger partial charge on any atom is 0.253 e.